The van der Waals surface area contributed by atoms with E-state index in [1.54, 1.807) is 11.1 Å². The third-order valence-corrected chi connectivity index (χ3v) is 4.57. The maximum atomic E-state index is 11.8. The van der Waals surface area contributed by atoms with Gasteiger partial charge in [0, 0.05) is 44.6 Å². The van der Waals surface area contributed by atoms with Crippen LogP contribution < -0.4 is 15.5 Å². The Kier molecular flexibility index (Phi) is 6.46. The van der Waals surface area contributed by atoms with Gasteiger partial charge in [0.05, 0.1) is 12.8 Å². The Morgan fingerprint density at radius 3 is 2.61 bits per heavy atom. The summed E-state index contributed by atoms with van der Waals surface area (Å²) in [6, 6.07) is 8.26. The molecular formula is C19H27N7O2. The highest BCUT2D eigenvalue weighted by molar-refractivity contribution is 5.67. The molecule has 0 atom stereocenters. The smallest absolute Gasteiger partial charge is 0.409 e. The highest BCUT2D eigenvalue weighted by Crippen LogP contribution is 2.20. The summed E-state index contributed by atoms with van der Waals surface area (Å²) < 4.78 is 5.05. The summed E-state index contributed by atoms with van der Waals surface area (Å²) in [6.45, 7) is 3.52. The number of nitrogens with zero attached hydrogens (tertiary/aromatic N) is 5. The molecule has 2 N–H and O–H groups in total. The lowest BCUT2D eigenvalue weighted by atomic mass is 10.1. The largest absolute Gasteiger partial charge is 0.450 e. The van der Waals surface area contributed by atoms with Crippen LogP contribution in [0.3, 0.4) is 0 Å². The van der Waals surface area contributed by atoms with Crippen LogP contribution in [0.1, 0.15) is 19.8 Å². The van der Waals surface area contributed by atoms with Gasteiger partial charge in [-0.05, 0) is 44.0 Å². The summed E-state index contributed by atoms with van der Waals surface area (Å²) in [7, 11) is 4.01. The van der Waals surface area contributed by atoms with Crippen LogP contribution in [-0.2, 0) is 4.74 Å². The van der Waals surface area contributed by atoms with E-state index in [2.05, 4.69) is 25.8 Å². The summed E-state index contributed by atoms with van der Waals surface area (Å²) in [5.41, 5.74) is 2.06. The highest BCUT2D eigenvalue weighted by atomic mass is 16.6. The van der Waals surface area contributed by atoms with Gasteiger partial charge in [0.15, 0.2) is 5.82 Å². The summed E-state index contributed by atoms with van der Waals surface area (Å²) in [5.74, 6) is 1.10. The molecule has 1 amide bonds. The van der Waals surface area contributed by atoms with Crippen molar-refractivity contribution in [2.75, 3.05) is 49.3 Å². The molecule has 1 fully saturated rings. The quantitative estimate of drug-likeness (QED) is 0.784. The molecule has 1 aliphatic rings. The maximum absolute atomic E-state index is 11.8. The third-order valence-electron chi connectivity index (χ3n) is 4.57. The second kappa shape index (κ2) is 9.20. The molecule has 2 aromatic rings. The SMILES string of the molecule is CCOC(=O)N1CCC(Nc2nncc(Nc3ccc(N(C)C)cc3)n2)CC1. The molecule has 1 saturated heterocycles. The van der Waals surface area contributed by atoms with Gasteiger partial charge in [0.2, 0.25) is 5.95 Å². The second-order valence-corrected chi connectivity index (χ2v) is 6.84. The first-order valence-corrected chi connectivity index (χ1v) is 9.47. The van der Waals surface area contributed by atoms with Crippen LogP contribution in [-0.4, -0.2) is 66.0 Å². The van der Waals surface area contributed by atoms with Crippen LogP contribution in [0.5, 0.6) is 0 Å². The lowest BCUT2D eigenvalue weighted by Gasteiger charge is -2.31. The Morgan fingerprint density at radius 1 is 1.25 bits per heavy atom. The van der Waals surface area contributed by atoms with Gasteiger partial charge in [-0.2, -0.15) is 10.1 Å². The van der Waals surface area contributed by atoms with E-state index in [-0.39, 0.29) is 12.1 Å². The fraction of sp³-hybridized carbons (Fsp3) is 0.474. The zero-order valence-corrected chi connectivity index (χ0v) is 16.6. The van der Waals surface area contributed by atoms with Gasteiger partial charge in [0.25, 0.3) is 0 Å². The van der Waals surface area contributed by atoms with E-state index in [0.29, 0.717) is 31.5 Å². The monoisotopic (exact) mass is 385 g/mol. The van der Waals surface area contributed by atoms with Crippen molar-refractivity contribution in [3.63, 3.8) is 0 Å². The van der Waals surface area contributed by atoms with Gasteiger partial charge in [-0.3, -0.25) is 0 Å². The van der Waals surface area contributed by atoms with Crippen LogP contribution in [0, 0.1) is 0 Å². The lowest BCUT2D eigenvalue weighted by molar-refractivity contribution is 0.0983. The molecule has 28 heavy (non-hydrogen) atoms. The fourth-order valence-electron chi connectivity index (χ4n) is 3.02. The average Bonchev–Trinajstić information content (AvgIpc) is 2.69. The Morgan fingerprint density at radius 2 is 1.96 bits per heavy atom. The zero-order valence-electron chi connectivity index (χ0n) is 16.6. The van der Waals surface area contributed by atoms with Crippen molar-refractivity contribution in [3.05, 3.63) is 30.5 Å². The number of rotatable bonds is 6. The van der Waals surface area contributed by atoms with Crippen molar-refractivity contribution in [3.8, 4) is 0 Å². The molecule has 0 aliphatic carbocycles. The van der Waals surface area contributed by atoms with Crippen molar-refractivity contribution < 1.29 is 9.53 Å². The number of amides is 1. The topological polar surface area (TPSA) is 95.5 Å². The summed E-state index contributed by atoms with van der Waals surface area (Å²) in [6.07, 6.45) is 2.97. The van der Waals surface area contributed by atoms with Crippen molar-refractivity contribution in [1.82, 2.24) is 20.1 Å². The molecule has 2 heterocycles. The Labute approximate surface area is 165 Å². The Hall–Kier alpha value is -3.10. The second-order valence-electron chi connectivity index (χ2n) is 6.84. The number of benzene rings is 1. The van der Waals surface area contributed by atoms with Gasteiger partial charge < -0.3 is 25.2 Å². The van der Waals surface area contributed by atoms with E-state index in [0.717, 1.165) is 24.2 Å². The molecule has 1 aromatic heterocycles. The van der Waals surface area contributed by atoms with Crippen LogP contribution in [0.15, 0.2) is 30.5 Å². The number of hydrogen-bond acceptors (Lipinski definition) is 8. The average molecular weight is 385 g/mol. The van der Waals surface area contributed by atoms with Gasteiger partial charge in [-0.15, -0.1) is 5.10 Å². The number of aromatic nitrogens is 3. The van der Waals surface area contributed by atoms with Gasteiger partial charge in [0.1, 0.15) is 0 Å². The molecule has 150 valence electrons. The summed E-state index contributed by atoms with van der Waals surface area (Å²) >= 11 is 0. The standard InChI is InChI=1S/C19H27N7O2/c1-4-28-19(27)26-11-9-15(10-12-26)22-18-23-17(13-20-24-18)21-14-5-7-16(8-6-14)25(2)3/h5-8,13,15H,4,9-12H2,1-3H3,(H2,21,22,23,24). The Balaban J connectivity index is 1.54. The number of hydrogen-bond donors (Lipinski definition) is 2. The molecule has 9 nitrogen and oxygen atoms in total. The maximum Gasteiger partial charge on any atom is 0.409 e. The Bertz CT molecular complexity index is 774. The minimum Gasteiger partial charge on any atom is -0.450 e. The fourth-order valence-corrected chi connectivity index (χ4v) is 3.02. The summed E-state index contributed by atoms with van der Waals surface area (Å²) in [5, 5.41) is 14.7. The van der Waals surface area contributed by atoms with Crippen molar-refractivity contribution >= 4 is 29.2 Å². The van der Waals surface area contributed by atoms with E-state index in [4.69, 9.17) is 4.74 Å². The minimum absolute atomic E-state index is 0.196. The van der Waals surface area contributed by atoms with Crippen LogP contribution in [0.2, 0.25) is 0 Å². The van der Waals surface area contributed by atoms with Gasteiger partial charge >= 0.3 is 6.09 Å². The molecule has 0 unspecified atom stereocenters. The normalized spacial score (nSPS) is 14.5. The molecule has 3 rings (SSSR count). The number of piperidine rings is 1. The number of likely N-dealkylation sites (tertiary alicyclic amines) is 1. The highest BCUT2D eigenvalue weighted by Gasteiger charge is 2.24. The molecule has 0 spiro atoms. The van der Waals surface area contributed by atoms with Crippen molar-refractivity contribution in [2.24, 2.45) is 0 Å². The van der Waals surface area contributed by atoms with E-state index in [1.807, 2.05) is 50.2 Å². The lowest BCUT2D eigenvalue weighted by Crippen LogP contribution is -2.42. The summed E-state index contributed by atoms with van der Waals surface area (Å²) in [4.78, 5) is 20.0. The van der Waals surface area contributed by atoms with Gasteiger partial charge in [-0.1, -0.05) is 0 Å². The number of anilines is 4. The molecule has 0 radical (unpaired) electrons. The van der Waals surface area contributed by atoms with Crippen molar-refractivity contribution in [2.45, 2.75) is 25.8 Å². The first-order valence-electron chi connectivity index (χ1n) is 9.47. The number of nitrogens with one attached hydrogen (secondary N) is 2. The predicted molar refractivity (Wildman–Crippen MR) is 109 cm³/mol. The third kappa shape index (κ3) is 5.21. The zero-order chi connectivity index (χ0) is 19.9. The molecule has 9 heteroatoms. The van der Waals surface area contributed by atoms with Crippen LogP contribution in [0.4, 0.5) is 27.9 Å². The number of carbonyl (C=O) groups excluding carboxylic acids is 1. The van der Waals surface area contributed by atoms with E-state index in [1.165, 1.54) is 0 Å². The van der Waals surface area contributed by atoms with Crippen LogP contribution >= 0.6 is 0 Å². The first-order chi connectivity index (χ1) is 13.5. The number of ether oxygens (including phenoxy) is 1. The van der Waals surface area contributed by atoms with E-state index < -0.39 is 0 Å². The molecular weight excluding hydrogens is 358 g/mol. The molecule has 1 aliphatic heterocycles. The first kappa shape index (κ1) is 19.7. The predicted octanol–water partition coefficient (Wildman–Crippen LogP) is 2.71. The van der Waals surface area contributed by atoms with Gasteiger partial charge in [-0.25, -0.2) is 4.79 Å². The molecule has 0 bridgehead atoms. The van der Waals surface area contributed by atoms with Crippen LogP contribution in [0.25, 0.3) is 0 Å². The van der Waals surface area contributed by atoms with E-state index in [9.17, 15) is 4.79 Å². The molecule has 1 aromatic carbocycles. The van der Waals surface area contributed by atoms with Crippen molar-refractivity contribution in [1.29, 1.82) is 0 Å². The molecule has 0 saturated carbocycles. The van der Waals surface area contributed by atoms with E-state index >= 15 is 0 Å². The minimum atomic E-state index is -0.245. The number of carbonyl (C=O) groups is 1.